The van der Waals surface area contributed by atoms with E-state index in [9.17, 15) is 0 Å². The summed E-state index contributed by atoms with van der Waals surface area (Å²) < 4.78 is 23.2. The number of fused-ring (bicyclic) bond motifs is 1. The third kappa shape index (κ3) is 4.03. The van der Waals surface area contributed by atoms with E-state index in [1.807, 2.05) is 79.7 Å². The maximum Gasteiger partial charge on any atom is 0.176 e. The molecule has 0 radical (unpaired) electrons. The van der Waals surface area contributed by atoms with Crippen molar-refractivity contribution in [1.29, 1.82) is 0 Å². The van der Waals surface area contributed by atoms with E-state index in [-0.39, 0.29) is 0 Å². The van der Waals surface area contributed by atoms with Crippen molar-refractivity contribution in [2.24, 2.45) is 0 Å². The Hall–Kier alpha value is -3.66. The highest BCUT2D eigenvalue weighted by molar-refractivity contribution is 5.89. The van der Waals surface area contributed by atoms with Gasteiger partial charge in [0.25, 0.3) is 0 Å². The maximum atomic E-state index is 6.13. The molecule has 0 atom stereocenters. The zero-order valence-electron chi connectivity index (χ0n) is 17.3. The first kappa shape index (κ1) is 19.6. The van der Waals surface area contributed by atoms with Crippen LogP contribution in [0.4, 0.5) is 0 Å². The zero-order chi connectivity index (χ0) is 20.9. The number of benzene rings is 3. The molecule has 0 N–H and O–H groups in total. The van der Waals surface area contributed by atoms with Crippen LogP contribution in [0.15, 0.2) is 77.2 Å². The quantitative estimate of drug-likeness (QED) is 0.345. The second-order valence-corrected chi connectivity index (χ2v) is 6.89. The normalized spacial score (nSPS) is 11.2. The van der Waals surface area contributed by atoms with Crippen molar-refractivity contribution < 1.29 is 18.6 Å². The fourth-order valence-corrected chi connectivity index (χ4v) is 3.40. The molecule has 0 aliphatic carbocycles. The van der Waals surface area contributed by atoms with Gasteiger partial charge in [-0.1, -0.05) is 42.5 Å². The molecule has 0 saturated heterocycles. The number of furan rings is 1. The lowest BCUT2D eigenvalue weighted by atomic mass is 10.1. The molecule has 0 spiro atoms. The van der Waals surface area contributed by atoms with Crippen molar-refractivity contribution >= 4 is 17.0 Å². The summed E-state index contributed by atoms with van der Waals surface area (Å²) in [6, 6.07) is 21.9. The number of methoxy groups -OCH3 is 2. The highest BCUT2D eigenvalue weighted by atomic mass is 16.5. The Morgan fingerprint density at radius 1 is 0.833 bits per heavy atom. The molecule has 1 heterocycles. The molecule has 4 rings (SSSR count). The molecule has 0 unspecified atom stereocenters. The summed E-state index contributed by atoms with van der Waals surface area (Å²) in [4.78, 5) is 0. The monoisotopic (exact) mass is 400 g/mol. The van der Waals surface area contributed by atoms with Crippen molar-refractivity contribution in [3.05, 3.63) is 83.9 Å². The first-order valence-electron chi connectivity index (χ1n) is 9.81. The molecule has 0 saturated carbocycles. The predicted molar refractivity (Wildman–Crippen MR) is 120 cm³/mol. The standard InChI is InChI=1S/C26H24O4/c1-4-8-19-13-21-16-23(30-26(21)25(14-19)28-3)20-11-12-22(24(15-20)27-2)29-17-18-9-6-5-7-10-18/h4-16H,17H2,1-3H3. The van der Waals surface area contributed by atoms with Crippen LogP contribution in [0.5, 0.6) is 17.2 Å². The molecule has 0 bridgehead atoms. The Balaban J connectivity index is 1.66. The van der Waals surface area contributed by atoms with E-state index in [4.69, 9.17) is 18.6 Å². The minimum Gasteiger partial charge on any atom is -0.493 e. The fourth-order valence-electron chi connectivity index (χ4n) is 3.40. The van der Waals surface area contributed by atoms with Crippen molar-refractivity contribution in [1.82, 2.24) is 0 Å². The number of ether oxygens (including phenoxy) is 3. The maximum absolute atomic E-state index is 6.13. The summed E-state index contributed by atoms with van der Waals surface area (Å²) >= 11 is 0. The van der Waals surface area contributed by atoms with Crippen LogP contribution in [0.3, 0.4) is 0 Å². The van der Waals surface area contributed by atoms with Crippen molar-refractivity contribution in [2.75, 3.05) is 14.2 Å². The van der Waals surface area contributed by atoms with E-state index in [1.54, 1.807) is 14.2 Å². The SMILES string of the molecule is CC=Cc1cc(OC)c2oc(-c3ccc(OCc4ccccc4)c(OC)c3)cc2c1. The molecule has 0 aliphatic rings. The fraction of sp³-hybridized carbons (Fsp3) is 0.154. The second-order valence-electron chi connectivity index (χ2n) is 6.89. The van der Waals surface area contributed by atoms with E-state index in [0.29, 0.717) is 23.9 Å². The van der Waals surface area contributed by atoms with E-state index < -0.39 is 0 Å². The van der Waals surface area contributed by atoms with Crippen LogP contribution in [-0.4, -0.2) is 14.2 Å². The molecular formula is C26H24O4. The molecule has 3 aromatic carbocycles. The van der Waals surface area contributed by atoms with Gasteiger partial charge in [-0.05, 0) is 54.4 Å². The third-order valence-electron chi connectivity index (χ3n) is 4.87. The Morgan fingerprint density at radius 2 is 1.63 bits per heavy atom. The summed E-state index contributed by atoms with van der Waals surface area (Å²) in [5, 5.41) is 0.987. The van der Waals surface area contributed by atoms with Crippen LogP contribution in [0.1, 0.15) is 18.1 Å². The van der Waals surface area contributed by atoms with Crippen LogP contribution in [0, 0.1) is 0 Å². The molecule has 30 heavy (non-hydrogen) atoms. The minimum absolute atomic E-state index is 0.478. The summed E-state index contributed by atoms with van der Waals surface area (Å²) in [6.45, 7) is 2.47. The molecule has 1 aromatic heterocycles. The van der Waals surface area contributed by atoms with Gasteiger partial charge in [-0.3, -0.25) is 0 Å². The first-order valence-corrected chi connectivity index (χ1v) is 9.81. The van der Waals surface area contributed by atoms with Gasteiger partial charge in [0.15, 0.2) is 22.8 Å². The van der Waals surface area contributed by atoms with Crippen molar-refractivity contribution in [3.63, 3.8) is 0 Å². The first-order chi connectivity index (χ1) is 14.7. The van der Waals surface area contributed by atoms with Gasteiger partial charge in [0.2, 0.25) is 0 Å². The minimum atomic E-state index is 0.478. The Labute approximate surface area is 176 Å². The van der Waals surface area contributed by atoms with E-state index in [2.05, 4.69) is 6.07 Å². The summed E-state index contributed by atoms with van der Waals surface area (Å²) in [6.07, 6.45) is 4.04. The van der Waals surface area contributed by atoms with E-state index in [1.165, 1.54) is 0 Å². The van der Waals surface area contributed by atoms with Gasteiger partial charge in [0, 0.05) is 10.9 Å². The van der Waals surface area contributed by atoms with Gasteiger partial charge < -0.3 is 18.6 Å². The van der Waals surface area contributed by atoms with Gasteiger partial charge in [0.05, 0.1) is 14.2 Å². The third-order valence-corrected chi connectivity index (χ3v) is 4.87. The molecule has 0 fully saturated rings. The van der Waals surface area contributed by atoms with Crippen LogP contribution in [-0.2, 0) is 6.61 Å². The van der Waals surface area contributed by atoms with Gasteiger partial charge >= 0.3 is 0 Å². The molecule has 4 heteroatoms. The number of hydrogen-bond acceptors (Lipinski definition) is 4. The molecule has 4 aromatic rings. The van der Waals surface area contributed by atoms with E-state index in [0.717, 1.165) is 33.4 Å². The van der Waals surface area contributed by atoms with Gasteiger partial charge in [0.1, 0.15) is 12.4 Å². The summed E-state index contributed by atoms with van der Waals surface area (Å²) in [5.74, 6) is 2.80. The zero-order valence-corrected chi connectivity index (χ0v) is 17.3. The lowest BCUT2D eigenvalue weighted by Gasteiger charge is -2.11. The number of rotatable bonds is 7. The Bertz CT molecular complexity index is 1170. The number of hydrogen-bond donors (Lipinski definition) is 0. The van der Waals surface area contributed by atoms with Gasteiger partial charge in [-0.2, -0.15) is 0 Å². The lowest BCUT2D eigenvalue weighted by molar-refractivity contribution is 0.284. The average Bonchev–Trinajstić information content (AvgIpc) is 3.22. The molecule has 152 valence electrons. The molecular weight excluding hydrogens is 376 g/mol. The Kier molecular flexibility index (Phi) is 5.75. The highest BCUT2D eigenvalue weighted by Gasteiger charge is 2.14. The van der Waals surface area contributed by atoms with Crippen molar-refractivity contribution in [2.45, 2.75) is 13.5 Å². The van der Waals surface area contributed by atoms with E-state index >= 15 is 0 Å². The van der Waals surface area contributed by atoms with Gasteiger partial charge in [-0.25, -0.2) is 0 Å². The average molecular weight is 400 g/mol. The van der Waals surface area contributed by atoms with Crippen LogP contribution in [0.25, 0.3) is 28.4 Å². The van der Waals surface area contributed by atoms with Crippen molar-refractivity contribution in [3.8, 4) is 28.6 Å². The molecule has 4 nitrogen and oxygen atoms in total. The summed E-state index contributed by atoms with van der Waals surface area (Å²) in [5.41, 5.74) is 3.80. The lowest BCUT2D eigenvalue weighted by Crippen LogP contribution is -1.97. The van der Waals surface area contributed by atoms with Crippen LogP contribution in [0.2, 0.25) is 0 Å². The molecule has 0 amide bonds. The smallest absolute Gasteiger partial charge is 0.176 e. The molecule has 0 aliphatic heterocycles. The highest BCUT2D eigenvalue weighted by Crippen LogP contribution is 2.38. The van der Waals surface area contributed by atoms with Gasteiger partial charge in [-0.15, -0.1) is 0 Å². The van der Waals surface area contributed by atoms with Crippen LogP contribution < -0.4 is 14.2 Å². The van der Waals surface area contributed by atoms with Crippen LogP contribution >= 0.6 is 0 Å². The second kappa shape index (κ2) is 8.78. The predicted octanol–water partition coefficient (Wildman–Crippen LogP) is 6.73. The summed E-state index contributed by atoms with van der Waals surface area (Å²) in [7, 11) is 3.29. The number of allylic oxidation sites excluding steroid dienone is 1. The largest absolute Gasteiger partial charge is 0.493 e. The topological polar surface area (TPSA) is 40.8 Å². The Morgan fingerprint density at radius 3 is 2.37 bits per heavy atom.